The van der Waals surface area contributed by atoms with E-state index in [0.717, 1.165) is 33.9 Å². The first kappa shape index (κ1) is 19.2. The van der Waals surface area contributed by atoms with Crippen molar-refractivity contribution in [2.75, 3.05) is 0 Å². The molecular weight excluding hydrogens is 360 g/mol. The molecule has 0 fully saturated rings. The summed E-state index contributed by atoms with van der Waals surface area (Å²) in [6.45, 7) is 8.37. The normalized spacial score (nSPS) is 13.5. The molecule has 2 unspecified atom stereocenters. The van der Waals surface area contributed by atoms with Gasteiger partial charge in [-0.3, -0.25) is 0 Å². The third-order valence-corrected chi connectivity index (χ3v) is 5.88. The summed E-state index contributed by atoms with van der Waals surface area (Å²) < 4.78 is 7.05. The second-order valence-electron chi connectivity index (χ2n) is 7.75. The number of fused-ring (bicyclic) bond motifs is 1. The summed E-state index contributed by atoms with van der Waals surface area (Å²) in [5.74, 6) is 0.385. The van der Waals surface area contributed by atoms with Crippen molar-refractivity contribution in [1.82, 2.24) is 9.78 Å². The van der Waals surface area contributed by atoms with Gasteiger partial charge in [0.2, 0.25) is 5.89 Å². The number of rotatable bonds is 5. The van der Waals surface area contributed by atoms with E-state index >= 15 is 0 Å². The Morgan fingerprint density at radius 3 is 2.59 bits per heavy atom. The van der Waals surface area contributed by atoms with Gasteiger partial charge in [-0.05, 0) is 59.7 Å². The van der Waals surface area contributed by atoms with Crippen LogP contribution in [-0.4, -0.2) is 9.78 Å². The third kappa shape index (κ3) is 3.51. The number of nitrogens with zero attached hydrogens (tertiary/aromatic N) is 2. The zero-order valence-corrected chi connectivity index (χ0v) is 17.3. The monoisotopic (exact) mass is 386 g/mol. The Balaban J connectivity index is 1.78. The minimum atomic E-state index is -0.436. The quantitative estimate of drug-likeness (QED) is 0.417. The molecule has 0 bridgehead atoms. The molecule has 0 amide bonds. The standard InChI is InChI=1S/C25H26N2O2/c1-5-16(2)20-14-13-17(3)23(15-20)24-26-27(25(28)29-24)18(4)21-12-8-10-19-9-6-7-11-22(19)21/h6-16,18H,5H2,1-4H3. The summed E-state index contributed by atoms with van der Waals surface area (Å²) in [6, 6.07) is 20.4. The predicted octanol–water partition coefficient (Wildman–Crippen LogP) is 6.09. The molecule has 0 N–H and O–H groups in total. The highest BCUT2D eigenvalue weighted by atomic mass is 16.4. The number of aromatic nitrogens is 2. The first-order chi connectivity index (χ1) is 14.0. The first-order valence-corrected chi connectivity index (χ1v) is 10.2. The van der Waals surface area contributed by atoms with Gasteiger partial charge in [0.1, 0.15) is 0 Å². The van der Waals surface area contributed by atoms with E-state index in [1.54, 1.807) is 0 Å². The van der Waals surface area contributed by atoms with Crippen molar-refractivity contribution in [3.05, 3.63) is 87.9 Å². The van der Waals surface area contributed by atoms with Crippen LogP contribution in [0.2, 0.25) is 0 Å². The maximum absolute atomic E-state index is 12.7. The lowest BCUT2D eigenvalue weighted by molar-refractivity contribution is 0.464. The van der Waals surface area contributed by atoms with E-state index in [9.17, 15) is 4.79 Å². The Hall–Kier alpha value is -3.14. The zero-order chi connectivity index (χ0) is 20.5. The fourth-order valence-electron chi connectivity index (χ4n) is 3.80. The number of benzene rings is 3. The third-order valence-electron chi connectivity index (χ3n) is 5.88. The van der Waals surface area contributed by atoms with Crippen LogP contribution in [0.25, 0.3) is 22.2 Å². The number of hydrogen-bond donors (Lipinski definition) is 0. The van der Waals surface area contributed by atoms with E-state index < -0.39 is 5.76 Å². The summed E-state index contributed by atoms with van der Waals surface area (Å²) in [4.78, 5) is 12.7. The van der Waals surface area contributed by atoms with Gasteiger partial charge in [-0.25, -0.2) is 4.79 Å². The zero-order valence-electron chi connectivity index (χ0n) is 17.3. The Morgan fingerprint density at radius 1 is 1.03 bits per heavy atom. The van der Waals surface area contributed by atoms with Crippen LogP contribution in [-0.2, 0) is 0 Å². The predicted molar refractivity (Wildman–Crippen MR) is 117 cm³/mol. The molecule has 0 spiro atoms. The molecule has 0 aliphatic carbocycles. The molecule has 29 heavy (non-hydrogen) atoms. The molecule has 0 saturated carbocycles. The van der Waals surface area contributed by atoms with Crippen molar-refractivity contribution in [2.45, 2.75) is 46.1 Å². The van der Waals surface area contributed by atoms with Crippen LogP contribution >= 0.6 is 0 Å². The summed E-state index contributed by atoms with van der Waals surface area (Å²) >= 11 is 0. The van der Waals surface area contributed by atoms with E-state index in [1.165, 1.54) is 10.2 Å². The van der Waals surface area contributed by atoms with E-state index in [-0.39, 0.29) is 6.04 Å². The highest BCUT2D eigenvalue weighted by molar-refractivity contribution is 5.86. The lowest BCUT2D eigenvalue weighted by atomic mass is 9.95. The van der Waals surface area contributed by atoms with Crippen molar-refractivity contribution in [1.29, 1.82) is 0 Å². The maximum Gasteiger partial charge on any atom is 0.437 e. The largest absolute Gasteiger partial charge is 0.437 e. The topological polar surface area (TPSA) is 48.0 Å². The molecule has 1 aromatic heterocycles. The summed E-state index contributed by atoms with van der Waals surface area (Å²) in [6.07, 6.45) is 1.05. The molecule has 4 rings (SSSR count). The van der Waals surface area contributed by atoms with Crippen LogP contribution in [0.1, 0.15) is 55.8 Å². The average molecular weight is 386 g/mol. The lowest BCUT2D eigenvalue weighted by Crippen LogP contribution is -2.21. The van der Waals surface area contributed by atoms with Gasteiger partial charge in [-0.1, -0.05) is 68.4 Å². The molecule has 148 valence electrons. The maximum atomic E-state index is 12.7. The minimum absolute atomic E-state index is 0.232. The summed E-state index contributed by atoms with van der Waals surface area (Å²) in [7, 11) is 0. The molecule has 0 aliphatic rings. The van der Waals surface area contributed by atoms with Crippen molar-refractivity contribution < 1.29 is 4.42 Å². The molecule has 0 saturated heterocycles. The molecule has 2 atom stereocenters. The fourth-order valence-corrected chi connectivity index (χ4v) is 3.80. The molecule has 0 radical (unpaired) electrons. The molecular formula is C25H26N2O2. The van der Waals surface area contributed by atoms with Crippen LogP contribution < -0.4 is 5.76 Å². The van der Waals surface area contributed by atoms with E-state index in [1.807, 2.05) is 38.1 Å². The van der Waals surface area contributed by atoms with Crippen molar-refractivity contribution in [3.63, 3.8) is 0 Å². The van der Waals surface area contributed by atoms with Gasteiger partial charge in [0, 0.05) is 5.56 Å². The number of aryl methyl sites for hydroxylation is 1. The Labute approximate surface area is 170 Å². The highest BCUT2D eigenvalue weighted by Crippen LogP contribution is 2.29. The van der Waals surface area contributed by atoms with Crippen LogP contribution in [0.5, 0.6) is 0 Å². The van der Waals surface area contributed by atoms with Crippen molar-refractivity contribution >= 4 is 10.8 Å². The lowest BCUT2D eigenvalue weighted by Gasteiger charge is -2.13. The van der Waals surface area contributed by atoms with Gasteiger partial charge in [0.05, 0.1) is 6.04 Å². The second-order valence-corrected chi connectivity index (χ2v) is 7.75. The summed E-state index contributed by atoms with van der Waals surface area (Å²) in [5.41, 5.74) is 4.20. The molecule has 1 heterocycles. The van der Waals surface area contributed by atoms with Crippen molar-refractivity contribution in [3.8, 4) is 11.5 Å². The molecule has 4 nitrogen and oxygen atoms in total. The Morgan fingerprint density at radius 2 is 1.79 bits per heavy atom. The van der Waals surface area contributed by atoms with Crippen LogP contribution in [0.4, 0.5) is 0 Å². The fraction of sp³-hybridized carbons (Fsp3) is 0.280. The SMILES string of the molecule is CCC(C)c1ccc(C)c(-c2nn(C(C)c3cccc4ccccc34)c(=O)o2)c1. The molecule has 4 aromatic rings. The van der Waals surface area contributed by atoms with Gasteiger partial charge in [0.15, 0.2) is 0 Å². The Kier molecular flexibility index (Phi) is 5.10. The van der Waals surface area contributed by atoms with Crippen LogP contribution in [0, 0.1) is 6.92 Å². The van der Waals surface area contributed by atoms with Crippen LogP contribution in [0.15, 0.2) is 69.9 Å². The Bertz CT molecular complexity index is 1210. The van der Waals surface area contributed by atoms with Crippen molar-refractivity contribution in [2.24, 2.45) is 0 Å². The second kappa shape index (κ2) is 7.70. The van der Waals surface area contributed by atoms with E-state index in [4.69, 9.17) is 4.42 Å². The van der Waals surface area contributed by atoms with Gasteiger partial charge in [-0.2, -0.15) is 4.68 Å². The summed E-state index contributed by atoms with van der Waals surface area (Å²) in [5, 5.41) is 6.85. The van der Waals surface area contributed by atoms with Gasteiger partial charge in [0.25, 0.3) is 0 Å². The van der Waals surface area contributed by atoms with Gasteiger partial charge >= 0.3 is 5.76 Å². The molecule has 3 aromatic carbocycles. The molecule has 4 heteroatoms. The van der Waals surface area contributed by atoms with Crippen LogP contribution in [0.3, 0.4) is 0 Å². The van der Waals surface area contributed by atoms with E-state index in [2.05, 4.69) is 55.3 Å². The average Bonchev–Trinajstić information content (AvgIpc) is 3.14. The highest BCUT2D eigenvalue weighted by Gasteiger charge is 2.20. The smallest absolute Gasteiger partial charge is 0.388 e. The van der Waals surface area contributed by atoms with E-state index in [0.29, 0.717) is 11.8 Å². The molecule has 0 aliphatic heterocycles. The first-order valence-electron chi connectivity index (χ1n) is 10.2. The van der Waals surface area contributed by atoms with Gasteiger partial charge < -0.3 is 4.42 Å². The minimum Gasteiger partial charge on any atom is -0.388 e. The van der Waals surface area contributed by atoms with Gasteiger partial charge in [-0.15, -0.1) is 5.10 Å². The number of hydrogen-bond acceptors (Lipinski definition) is 3.